The van der Waals surface area contributed by atoms with Gasteiger partial charge in [-0.3, -0.25) is 9.09 Å². The van der Waals surface area contributed by atoms with E-state index in [0.29, 0.717) is 10.2 Å². The lowest BCUT2D eigenvalue weighted by atomic mass is 10.1. The van der Waals surface area contributed by atoms with Crippen molar-refractivity contribution < 1.29 is 33.8 Å². The van der Waals surface area contributed by atoms with E-state index >= 15 is 0 Å². The summed E-state index contributed by atoms with van der Waals surface area (Å²) >= 11 is 7.14. The molecule has 1 aliphatic heterocycles. The van der Waals surface area contributed by atoms with Gasteiger partial charge in [-0.15, -0.1) is 0 Å². The van der Waals surface area contributed by atoms with Crippen LogP contribution in [0.2, 0.25) is 5.02 Å². The quantitative estimate of drug-likeness (QED) is 0.309. The number of hydrogen-bond donors (Lipinski definition) is 5. The second-order valence-corrected chi connectivity index (χ2v) is 9.30. The zero-order chi connectivity index (χ0) is 22.3. The Bertz CT molecular complexity index is 1140. The number of nitrogens with two attached hydrogens (primary N) is 1. The van der Waals surface area contributed by atoms with Crippen LogP contribution < -0.4 is 5.73 Å². The summed E-state index contributed by atoms with van der Waals surface area (Å²) in [4.78, 5) is 31.1. The fourth-order valence-electron chi connectivity index (χ4n) is 3.07. The zero-order valence-electron chi connectivity index (χ0n) is 15.5. The normalized spacial score (nSPS) is 24.2. The number of imidazole rings is 1. The number of phosphoric acid groups is 1. The number of anilines is 1. The van der Waals surface area contributed by atoms with E-state index in [9.17, 15) is 14.8 Å². The van der Waals surface area contributed by atoms with Crippen molar-refractivity contribution >= 4 is 48.2 Å². The van der Waals surface area contributed by atoms with Gasteiger partial charge >= 0.3 is 7.82 Å². The number of aromatic nitrogens is 4. The van der Waals surface area contributed by atoms with Crippen molar-refractivity contribution in [2.24, 2.45) is 0 Å². The molecular formula is C16H17ClN5O7PS. The van der Waals surface area contributed by atoms with Crippen molar-refractivity contribution in [3.63, 3.8) is 0 Å². The molecule has 1 aliphatic rings. The van der Waals surface area contributed by atoms with Gasteiger partial charge in [-0.25, -0.2) is 19.5 Å². The topological polar surface area (TPSA) is 186 Å². The van der Waals surface area contributed by atoms with Gasteiger partial charge in [-0.2, -0.15) is 0 Å². The van der Waals surface area contributed by atoms with E-state index in [1.807, 2.05) is 0 Å². The molecule has 4 unspecified atom stereocenters. The number of aliphatic hydroxyl groups excluding tert-OH is 2. The third-order valence-corrected chi connectivity index (χ3v) is 6.21. The molecule has 4 rings (SSSR count). The van der Waals surface area contributed by atoms with Crippen molar-refractivity contribution in [2.45, 2.75) is 34.6 Å². The van der Waals surface area contributed by atoms with Gasteiger partial charge in [0.2, 0.25) is 0 Å². The van der Waals surface area contributed by atoms with Crippen LogP contribution in [-0.4, -0.2) is 64.4 Å². The van der Waals surface area contributed by atoms with Crippen LogP contribution in [0.3, 0.4) is 0 Å². The van der Waals surface area contributed by atoms with Crippen molar-refractivity contribution in [3.8, 4) is 0 Å². The average molecular weight is 490 g/mol. The van der Waals surface area contributed by atoms with Gasteiger partial charge in [0.15, 0.2) is 28.4 Å². The number of nitrogen functional groups attached to an aromatic ring is 1. The molecule has 15 heteroatoms. The Morgan fingerprint density at radius 2 is 1.94 bits per heavy atom. The molecule has 1 saturated heterocycles. The molecule has 2 aromatic heterocycles. The van der Waals surface area contributed by atoms with Crippen LogP contribution in [0.1, 0.15) is 6.23 Å². The first-order valence-electron chi connectivity index (χ1n) is 8.77. The molecule has 3 aromatic rings. The van der Waals surface area contributed by atoms with E-state index in [4.69, 9.17) is 31.9 Å². The standard InChI is InChI=1S/C16H17ClN5O7PS/c17-7-1-3-8(4-2-7)31-16-21-10-13(18)19-6-20-14(10)22(16)15-12(24)11(23)9(29-15)5-28-30(25,26)27/h1-4,6,9,11-12,15,23-24H,5H2,(H2,18,19,20)(H2,25,26,27). The summed E-state index contributed by atoms with van der Waals surface area (Å²) in [6.07, 6.45) is -4.13. The molecular weight excluding hydrogens is 473 g/mol. The highest BCUT2D eigenvalue weighted by atomic mass is 35.5. The van der Waals surface area contributed by atoms with E-state index in [1.165, 1.54) is 22.7 Å². The minimum Gasteiger partial charge on any atom is -0.387 e. The molecule has 0 spiro atoms. The second kappa shape index (κ2) is 8.62. The largest absolute Gasteiger partial charge is 0.469 e. The fraction of sp³-hybridized carbons (Fsp3) is 0.312. The SMILES string of the molecule is Nc1ncnc2c1nc(Sc1ccc(Cl)cc1)n2C1OC(COP(=O)(O)O)C(O)C1O. The summed E-state index contributed by atoms with van der Waals surface area (Å²) in [5.41, 5.74) is 6.43. The van der Waals surface area contributed by atoms with Gasteiger partial charge in [0.25, 0.3) is 0 Å². The number of phosphoric ester groups is 1. The second-order valence-electron chi connectivity index (χ2n) is 6.58. The molecule has 0 aliphatic carbocycles. The number of hydrogen-bond acceptors (Lipinski definition) is 10. The number of benzene rings is 1. The molecule has 0 saturated carbocycles. The smallest absolute Gasteiger partial charge is 0.387 e. The van der Waals surface area contributed by atoms with Crippen LogP contribution in [0, 0.1) is 0 Å². The summed E-state index contributed by atoms with van der Waals surface area (Å²) in [6, 6.07) is 6.93. The van der Waals surface area contributed by atoms with Gasteiger partial charge in [0, 0.05) is 9.92 Å². The van der Waals surface area contributed by atoms with Crippen molar-refractivity contribution in [1.82, 2.24) is 19.5 Å². The third kappa shape index (κ3) is 4.70. The van der Waals surface area contributed by atoms with E-state index in [0.717, 1.165) is 4.90 Å². The summed E-state index contributed by atoms with van der Waals surface area (Å²) < 4.78 is 22.6. The molecule has 6 N–H and O–H groups in total. The molecule has 0 radical (unpaired) electrons. The highest BCUT2D eigenvalue weighted by molar-refractivity contribution is 7.99. The van der Waals surface area contributed by atoms with Crippen LogP contribution in [0.25, 0.3) is 11.2 Å². The molecule has 3 heterocycles. The lowest BCUT2D eigenvalue weighted by molar-refractivity contribution is -0.0541. The number of nitrogens with zero attached hydrogens (tertiary/aromatic N) is 4. The molecule has 31 heavy (non-hydrogen) atoms. The molecule has 4 atom stereocenters. The van der Waals surface area contributed by atoms with E-state index in [2.05, 4.69) is 19.5 Å². The Balaban J connectivity index is 1.72. The lowest BCUT2D eigenvalue weighted by Gasteiger charge is -2.19. The lowest BCUT2D eigenvalue weighted by Crippen LogP contribution is -2.33. The van der Waals surface area contributed by atoms with Crippen LogP contribution >= 0.6 is 31.2 Å². The highest BCUT2D eigenvalue weighted by Gasteiger charge is 2.46. The first-order valence-corrected chi connectivity index (χ1v) is 11.5. The summed E-state index contributed by atoms with van der Waals surface area (Å²) in [5, 5.41) is 21.8. The van der Waals surface area contributed by atoms with Crippen LogP contribution in [0.4, 0.5) is 5.82 Å². The monoisotopic (exact) mass is 489 g/mol. The predicted molar refractivity (Wildman–Crippen MR) is 109 cm³/mol. The van der Waals surface area contributed by atoms with Crippen molar-refractivity contribution in [2.75, 3.05) is 12.3 Å². The summed E-state index contributed by atoms with van der Waals surface area (Å²) in [6.45, 7) is -0.636. The highest BCUT2D eigenvalue weighted by Crippen LogP contribution is 2.41. The predicted octanol–water partition coefficient (Wildman–Crippen LogP) is 0.942. The number of rotatable bonds is 6. The number of fused-ring (bicyclic) bond motifs is 1. The van der Waals surface area contributed by atoms with Gasteiger partial charge in [0.1, 0.15) is 24.6 Å². The van der Waals surface area contributed by atoms with Gasteiger partial charge in [-0.05, 0) is 24.3 Å². The molecule has 166 valence electrons. The van der Waals surface area contributed by atoms with E-state index < -0.39 is 39.0 Å². The van der Waals surface area contributed by atoms with Crippen molar-refractivity contribution in [1.29, 1.82) is 0 Å². The molecule has 0 bridgehead atoms. The Morgan fingerprint density at radius 3 is 2.61 bits per heavy atom. The number of aliphatic hydroxyl groups is 2. The third-order valence-electron chi connectivity index (χ3n) is 4.49. The van der Waals surface area contributed by atoms with Crippen LogP contribution in [0.5, 0.6) is 0 Å². The van der Waals surface area contributed by atoms with Crippen molar-refractivity contribution in [3.05, 3.63) is 35.6 Å². The first kappa shape index (κ1) is 22.4. The maximum atomic E-state index is 11.0. The van der Waals surface area contributed by atoms with Gasteiger partial charge < -0.3 is 30.5 Å². The molecule has 1 fully saturated rings. The summed E-state index contributed by atoms with van der Waals surface area (Å²) in [5.74, 6) is 0.108. The Kier molecular flexibility index (Phi) is 6.23. The molecule has 0 amide bonds. The van der Waals surface area contributed by atoms with E-state index in [1.54, 1.807) is 24.3 Å². The molecule has 1 aromatic carbocycles. The number of halogens is 1. The summed E-state index contributed by atoms with van der Waals surface area (Å²) in [7, 11) is -4.79. The Morgan fingerprint density at radius 1 is 1.23 bits per heavy atom. The molecule has 12 nitrogen and oxygen atoms in total. The van der Waals surface area contributed by atoms with Gasteiger partial charge in [-0.1, -0.05) is 23.4 Å². The van der Waals surface area contributed by atoms with Gasteiger partial charge in [0.05, 0.1) is 6.61 Å². The average Bonchev–Trinajstić information content (AvgIpc) is 3.20. The van der Waals surface area contributed by atoms with E-state index in [-0.39, 0.29) is 17.0 Å². The fourth-order valence-corrected chi connectivity index (χ4v) is 4.44. The first-order chi connectivity index (χ1) is 14.6. The minimum absolute atomic E-state index is 0.108. The number of ether oxygens (including phenoxy) is 1. The minimum atomic E-state index is -4.79. The Hall–Kier alpha value is -1.80. The maximum absolute atomic E-state index is 11.0. The Labute approximate surface area is 184 Å². The maximum Gasteiger partial charge on any atom is 0.469 e. The van der Waals surface area contributed by atoms with Crippen LogP contribution in [0.15, 0.2) is 40.6 Å². The zero-order valence-corrected chi connectivity index (χ0v) is 18.0. The van der Waals surface area contributed by atoms with Crippen LogP contribution in [-0.2, 0) is 13.8 Å².